The zero-order chi connectivity index (χ0) is 15.8. The average molecular weight is 312 g/mol. The average Bonchev–Trinajstić information content (AvgIpc) is 3.23. The van der Waals surface area contributed by atoms with Gasteiger partial charge in [0.15, 0.2) is 11.5 Å². The molecule has 0 atom stereocenters. The van der Waals surface area contributed by atoms with Crippen LogP contribution in [0.5, 0.6) is 23.0 Å². The molecular formula is C16H12N2O5. The Labute approximate surface area is 131 Å². The zero-order valence-electron chi connectivity index (χ0n) is 12.1. The van der Waals surface area contributed by atoms with E-state index in [4.69, 9.17) is 18.7 Å². The molecule has 1 aliphatic heterocycles. The van der Waals surface area contributed by atoms with Gasteiger partial charge in [-0.1, -0.05) is 5.16 Å². The number of methoxy groups -OCH3 is 1. The number of phenols is 1. The predicted octanol–water partition coefficient (Wildman–Crippen LogP) is 2.85. The highest BCUT2D eigenvalue weighted by atomic mass is 16.7. The van der Waals surface area contributed by atoms with Crippen molar-refractivity contribution >= 4 is 0 Å². The third-order valence-electron chi connectivity index (χ3n) is 3.46. The first-order valence-electron chi connectivity index (χ1n) is 6.86. The molecule has 7 nitrogen and oxygen atoms in total. The van der Waals surface area contributed by atoms with Gasteiger partial charge in [-0.2, -0.15) is 4.98 Å². The zero-order valence-corrected chi connectivity index (χ0v) is 12.1. The van der Waals surface area contributed by atoms with E-state index in [2.05, 4.69) is 10.1 Å². The molecule has 0 amide bonds. The molecule has 1 aromatic heterocycles. The molecule has 0 saturated heterocycles. The first-order chi connectivity index (χ1) is 11.2. The maximum absolute atomic E-state index is 9.33. The van der Waals surface area contributed by atoms with Gasteiger partial charge in [0, 0.05) is 11.1 Å². The molecular weight excluding hydrogens is 300 g/mol. The molecule has 1 aliphatic rings. The molecule has 0 bridgehead atoms. The quantitative estimate of drug-likeness (QED) is 0.795. The van der Waals surface area contributed by atoms with Crippen molar-refractivity contribution in [1.29, 1.82) is 0 Å². The second kappa shape index (κ2) is 5.20. The number of hydrogen-bond acceptors (Lipinski definition) is 7. The standard InChI is InChI=1S/C16H12N2O5/c1-20-12-6-10(7-13-14(12)22-8-21-13)15-17-16(23-18-15)9-2-4-11(19)5-3-9/h2-7,19H,8H2,1H3. The van der Waals surface area contributed by atoms with Gasteiger partial charge in [0.2, 0.25) is 18.4 Å². The van der Waals surface area contributed by atoms with Crippen LogP contribution in [0.4, 0.5) is 0 Å². The van der Waals surface area contributed by atoms with Gasteiger partial charge in [-0.3, -0.25) is 0 Å². The number of rotatable bonds is 3. The summed E-state index contributed by atoms with van der Waals surface area (Å²) in [6.07, 6.45) is 0. The minimum atomic E-state index is 0.153. The van der Waals surface area contributed by atoms with Crippen LogP contribution < -0.4 is 14.2 Å². The summed E-state index contributed by atoms with van der Waals surface area (Å²) in [6.45, 7) is 0.153. The van der Waals surface area contributed by atoms with Gasteiger partial charge >= 0.3 is 0 Å². The normalized spacial score (nSPS) is 12.4. The van der Waals surface area contributed by atoms with Gasteiger partial charge in [-0.15, -0.1) is 0 Å². The molecule has 0 aliphatic carbocycles. The van der Waals surface area contributed by atoms with E-state index in [-0.39, 0.29) is 12.5 Å². The second-order valence-corrected chi connectivity index (χ2v) is 4.88. The fourth-order valence-electron chi connectivity index (χ4n) is 2.32. The Morgan fingerprint density at radius 2 is 1.91 bits per heavy atom. The Bertz CT molecular complexity index is 857. The Balaban J connectivity index is 1.73. The number of fused-ring (bicyclic) bond motifs is 1. The first-order valence-corrected chi connectivity index (χ1v) is 6.86. The molecule has 1 N–H and O–H groups in total. The number of benzene rings is 2. The summed E-state index contributed by atoms with van der Waals surface area (Å²) in [4.78, 5) is 4.37. The fraction of sp³-hybridized carbons (Fsp3) is 0.125. The number of hydrogen-bond donors (Lipinski definition) is 1. The van der Waals surface area contributed by atoms with E-state index in [1.807, 2.05) is 0 Å². The lowest BCUT2D eigenvalue weighted by atomic mass is 10.1. The molecule has 0 unspecified atom stereocenters. The maximum Gasteiger partial charge on any atom is 0.258 e. The van der Waals surface area contributed by atoms with Gasteiger partial charge in [0.05, 0.1) is 7.11 Å². The van der Waals surface area contributed by atoms with Gasteiger partial charge in [-0.05, 0) is 36.4 Å². The second-order valence-electron chi connectivity index (χ2n) is 4.88. The highest BCUT2D eigenvalue weighted by Crippen LogP contribution is 2.43. The topological polar surface area (TPSA) is 86.8 Å². The molecule has 7 heteroatoms. The molecule has 3 aromatic rings. The molecule has 0 fully saturated rings. The first kappa shape index (κ1) is 13.4. The van der Waals surface area contributed by atoms with Gasteiger partial charge < -0.3 is 23.8 Å². The summed E-state index contributed by atoms with van der Waals surface area (Å²) in [5, 5.41) is 13.3. The summed E-state index contributed by atoms with van der Waals surface area (Å²) in [5.41, 5.74) is 1.41. The van der Waals surface area contributed by atoms with E-state index in [1.54, 1.807) is 43.5 Å². The van der Waals surface area contributed by atoms with Crippen molar-refractivity contribution in [2.45, 2.75) is 0 Å². The largest absolute Gasteiger partial charge is 0.508 e. The van der Waals surface area contributed by atoms with Crippen molar-refractivity contribution in [3.05, 3.63) is 36.4 Å². The SMILES string of the molecule is COc1cc(-c2noc(-c3ccc(O)cc3)n2)cc2c1OCO2. The highest BCUT2D eigenvalue weighted by Gasteiger charge is 2.22. The van der Waals surface area contributed by atoms with Crippen molar-refractivity contribution < 1.29 is 23.8 Å². The van der Waals surface area contributed by atoms with Crippen LogP contribution in [0.25, 0.3) is 22.8 Å². The highest BCUT2D eigenvalue weighted by molar-refractivity contribution is 5.68. The smallest absolute Gasteiger partial charge is 0.258 e. The third kappa shape index (κ3) is 2.32. The fourth-order valence-corrected chi connectivity index (χ4v) is 2.32. The van der Waals surface area contributed by atoms with Crippen LogP contribution >= 0.6 is 0 Å². The Kier molecular flexibility index (Phi) is 3.04. The summed E-state index contributed by atoms with van der Waals surface area (Å²) >= 11 is 0. The van der Waals surface area contributed by atoms with Gasteiger partial charge in [-0.25, -0.2) is 0 Å². The van der Waals surface area contributed by atoms with E-state index < -0.39 is 0 Å². The van der Waals surface area contributed by atoms with Crippen molar-refractivity contribution in [2.75, 3.05) is 13.9 Å². The van der Waals surface area contributed by atoms with Crippen LogP contribution in [-0.2, 0) is 0 Å². The van der Waals surface area contributed by atoms with E-state index >= 15 is 0 Å². The van der Waals surface area contributed by atoms with E-state index in [1.165, 1.54) is 0 Å². The van der Waals surface area contributed by atoms with Crippen LogP contribution in [0, 0.1) is 0 Å². The Morgan fingerprint density at radius 1 is 1.09 bits per heavy atom. The van der Waals surface area contributed by atoms with Crippen molar-refractivity contribution in [2.24, 2.45) is 0 Å². The third-order valence-corrected chi connectivity index (χ3v) is 3.46. The van der Waals surface area contributed by atoms with E-state index in [0.29, 0.717) is 40.1 Å². The maximum atomic E-state index is 9.33. The van der Waals surface area contributed by atoms with Crippen LogP contribution in [0.15, 0.2) is 40.9 Å². The number of ether oxygens (including phenoxy) is 3. The van der Waals surface area contributed by atoms with Crippen LogP contribution in [-0.4, -0.2) is 29.1 Å². The molecule has 2 aromatic carbocycles. The molecule has 2 heterocycles. The minimum absolute atomic E-state index is 0.153. The Hall–Kier alpha value is -3.22. The van der Waals surface area contributed by atoms with Gasteiger partial charge in [0.1, 0.15) is 5.75 Å². The van der Waals surface area contributed by atoms with Crippen LogP contribution in [0.1, 0.15) is 0 Å². The van der Waals surface area contributed by atoms with E-state index in [0.717, 1.165) is 0 Å². The molecule has 4 rings (SSSR count). The number of phenolic OH excluding ortho intramolecular Hbond substituents is 1. The lowest BCUT2D eigenvalue weighted by Crippen LogP contribution is -1.93. The van der Waals surface area contributed by atoms with Crippen LogP contribution in [0.2, 0.25) is 0 Å². The summed E-state index contributed by atoms with van der Waals surface area (Å²) in [6, 6.07) is 10.1. The lowest BCUT2D eigenvalue weighted by Gasteiger charge is -2.05. The number of aromatic nitrogens is 2. The van der Waals surface area contributed by atoms with Crippen molar-refractivity contribution in [3.8, 4) is 45.8 Å². The molecule has 116 valence electrons. The number of aromatic hydroxyl groups is 1. The van der Waals surface area contributed by atoms with Crippen molar-refractivity contribution in [1.82, 2.24) is 10.1 Å². The molecule has 23 heavy (non-hydrogen) atoms. The molecule has 0 radical (unpaired) electrons. The lowest BCUT2D eigenvalue weighted by molar-refractivity contribution is 0.171. The van der Waals surface area contributed by atoms with E-state index in [9.17, 15) is 5.11 Å². The summed E-state index contributed by atoms with van der Waals surface area (Å²) < 4.78 is 21.3. The monoisotopic (exact) mass is 312 g/mol. The Morgan fingerprint density at radius 3 is 2.70 bits per heavy atom. The van der Waals surface area contributed by atoms with Crippen molar-refractivity contribution in [3.63, 3.8) is 0 Å². The predicted molar refractivity (Wildman–Crippen MR) is 79.5 cm³/mol. The summed E-state index contributed by atoms with van der Waals surface area (Å²) in [7, 11) is 1.55. The molecule has 0 saturated carbocycles. The number of nitrogens with zero attached hydrogens (tertiary/aromatic N) is 2. The summed E-state index contributed by atoms with van der Waals surface area (Å²) in [5.74, 6) is 2.63. The van der Waals surface area contributed by atoms with Gasteiger partial charge in [0.25, 0.3) is 5.89 Å². The molecule has 0 spiro atoms. The minimum Gasteiger partial charge on any atom is -0.508 e. The van der Waals surface area contributed by atoms with Crippen LogP contribution in [0.3, 0.4) is 0 Å².